The number of hydrogen-bond donors (Lipinski definition) is 0. The van der Waals surface area contributed by atoms with Gasteiger partial charge in [0, 0.05) is 0 Å². The van der Waals surface area contributed by atoms with Gasteiger partial charge in [0.15, 0.2) is 0 Å². The quantitative estimate of drug-likeness (QED) is 0.540. The lowest BCUT2D eigenvalue weighted by molar-refractivity contribution is 0.228. The molecule has 1 aliphatic carbocycles. The molecule has 0 unspecified atom stereocenters. The van der Waals surface area contributed by atoms with Crippen LogP contribution in [0.1, 0.15) is 75.8 Å². The minimum atomic E-state index is -0.0502. The van der Waals surface area contributed by atoms with E-state index in [2.05, 4.69) is 68.4 Å². The van der Waals surface area contributed by atoms with Crippen LogP contribution in [0, 0.1) is 16.7 Å². The Balaban J connectivity index is 1.66. The average Bonchev–Trinajstić information content (AvgIpc) is 2.70. The van der Waals surface area contributed by atoms with E-state index >= 15 is 0 Å². The first kappa shape index (κ1) is 18.7. The fraction of sp³-hybridized carbons (Fsp3) is 0.480. The number of nitriles is 1. The molecular formula is C25H31N. The second-order valence-corrected chi connectivity index (χ2v) is 7.99. The van der Waals surface area contributed by atoms with Crippen LogP contribution in [0.4, 0.5) is 0 Å². The van der Waals surface area contributed by atoms with Crippen LogP contribution in [0.25, 0.3) is 11.1 Å². The lowest BCUT2D eigenvalue weighted by Crippen LogP contribution is -2.25. The third kappa shape index (κ3) is 4.18. The lowest BCUT2D eigenvalue weighted by Gasteiger charge is -2.35. The Kier molecular flexibility index (Phi) is 6.15. The van der Waals surface area contributed by atoms with E-state index in [1.807, 2.05) is 0 Å². The van der Waals surface area contributed by atoms with Gasteiger partial charge in [-0.25, -0.2) is 0 Å². The summed E-state index contributed by atoms with van der Waals surface area (Å²) in [5.41, 5.74) is 5.41. The van der Waals surface area contributed by atoms with E-state index in [-0.39, 0.29) is 5.41 Å². The molecule has 0 bridgehead atoms. The molecule has 1 fully saturated rings. The maximum absolute atomic E-state index is 9.60. The van der Waals surface area contributed by atoms with Crippen molar-refractivity contribution in [3.05, 3.63) is 59.7 Å². The maximum atomic E-state index is 9.60. The van der Waals surface area contributed by atoms with E-state index in [9.17, 15) is 5.26 Å². The Morgan fingerprint density at radius 2 is 1.46 bits per heavy atom. The number of aryl methyl sites for hydroxylation is 1. The van der Waals surface area contributed by atoms with Gasteiger partial charge in [0.25, 0.3) is 0 Å². The zero-order valence-corrected chi connectivity index (χ0v) is 16.3. The van der Waals surface area contributed by atoms with Gasteiger partial charge in [-0.15, -0.1) is 0 Å². The second kappa shape index (κ2) is 8.54. The van der Waals surface area contributed by atoms with Crippen LogP contribution in [0.5, 0.6) is 0 Å². The molecule has 2 aromatic carbocycles. The fourth-order valence-corrected chi connectivity index (χ4v) is 4.50. The van der Waals surface area contributed by atoms with Gasteiger partial charge in [-0.3, -0.25) is 0 Å². The van der Waals surface area contributed by atoms with Crippen molar-refractivity contribution in [3.8, 4) is 17.2 Å². The molecule has 0 radical (unpaired) electrons. The topological polar surface area (TPSA) is 23.8 Å². The maximum Gasteiger partial charge on any atom is 0.0689 e. The molecule has 1 heteroatoms. The van der Waals surface area contributed by atoms with Crippen LogP contribution < -0.4 is 0 Å². The molecule has 26 heavy (non-hydrogen) atoms. The summed E-state index contributed by atoms with van der Waals surface area (Å²) in [5, 5.41) is 9.60. The molecule has 0 amide bonds. The molecule has 0 heterocycles. The molecule has 0 saturated heterocycles. The van der Waals surface area contributed by atoms with Gasteiger partial charge in [-0.05, 0) is 66.7 Å². The van der Waals surface area contributed by atoms with Gasteiger partial charge in [0.05, 0.1) is 11.5 Å². The fourth-order valence-electron chi connectivity index (χ4n) is 4.50. The largest absolute Gasteiger partial charge is 0.198 e. The van der Waals surface area contributed by atoms with Crippen LogP contribution in [-0.4, -0.2) is 0 Å². The molecule has 0 aliphatic heterocycles. The zero-order valence-electron chi connectivity index (χ0n) is 16.3. The predicted octanol–water partition coefficient (Wildman–Crippen LogP) is 7.27. The minimum absolute atomic E-state index is 0.0502. The van der Waals surface area contributed by atoms with E-state index in [4.69, 9.17) is 0 Å². The average molecular weight is 346 g/mol. The highest BCUT2D eigenvalue weighted by Gasteiger charge is 2.34. The van der Waals surface area contributed by atoms with Crippen molar-refractivity contribution in [2.24, 2.45) is 5.41 Å². The monoisotopic (exact) mass is 345 g/mol. The van der Waals surface area contributed by atoms with Gasteiger partial charge in [-0.2, -0.15) is 5.26 Å². The van der Waals surface area contributed by atoms with Gasteiger partial charge in [0.2, 0.25) is 0 Å². The van der Waals surface area contributed by atoms with E-state index in [0.29, 0.717) is 5.92 Å². The van der Waals surface area contributed by atoms with Gasteiger partial charge in [0.1, 0.15) is 0 Å². The van der Waals surface area contributed by atoms with Crippen molar-refractivity contribution in [3.63, 3.8) is 0 Å². The summed E-state index contributed by atoms with van der Waals surface area (Å²) in [7, 11) is 0. The van der Waals surface area contributed by atoms with Crippen LogP contribution in [0.2, 0.25) is 0 Å². The van der Waals surface area contributed by atoms with Crippen LogP contribution in [-0.2, 0) is 6.42 Å². The third-order valence-electron chi connectivity index (χ3n) is 6.12. The molecule has 0 atom stereocenters. The SMILES string of the molecule is CCCc1ccc(-c2ccc([C@H]3CC[C@@](C#N)(CCC)CC3)cc2)cc1. The number of benzene rings is 2. The number of hydrogen-bond acceptors (Lipinski definition) is 1. The molecule has 1 nitrogen and oxygen atoms in total. The van der Waals surface area contributed by atoms with Crippen molar-refractivity contribution in [1.29, 1.82) is 5.26 Å². The predicted molar refractivity (Wildman–Crippen MR) is 110 cm³/mol. The first-order valence-corrected chi connectivity index (χ1v) is 10.3. The van der Waals surface area contributed by atoms with Crippen molar-refractivity contribution < 1.29 is 0 Å². The lowest BCUT2D eigenvalue weighted by atomic mass is 9.68. The van der Waals surface area contributed by atoms with Crippen LogP contribution >= 0.6 is 0 Å². The molecular weight excluding hydrogens is 314 g/mol. The Morgan fingerprint density at radius 3 is 1.96 bits per heavy atom. The van der Waals surface area contributed by atoms with Gasteiger partial charge >= 0.3 is 0 Å². The van der Waals surface area contributed by atoms with Crippen LogP contribution in [0.15, 0.2) is 48.5 Å². The Bertz CT molecular complexity index is 725. The highest BCUT2D eigenvalue weighted by atomic mass is 14.4. The van der Waals surface area contributed by atoms with Gasteiger partial charge in [-0.1, -0.05) is 75.2 Å². The molecule has 0 aromatic heterocycles. The number of nitrogens with zero attached hydrogens (tertiary/aromatic N) is 1. The molecule has 2 aromatic rings. The van der Waals surface area contributed by atoms with E-state index in [1.54, 1.807) is 0 Å². The van der Waals surface area contributed by atoms with Crippen molar-refractivity contribution >= 4 is 0 Å². The van der Waals surface area contributed by atoms with Crippen molar-refractivity contribution in [2.75, 3.05) is 0 Å². The number of rotatable bonds is 6. The molecule has 0 N–H and O–H groups in total. The zero-order chi connectivity index (χ0) is 18.4. The first-order chi connectivity index (χ1) is 12.7. The Hall–Kier alpha value is -2.07. The highest BCUT2D eigenvalue weighted by molar-refractivity contribution is 5.64. The second-order valence-electron chi connectivity index (χ2n) is 7.99. The minimum Gasteiger partial charge on any atom is -0.198 e. The summed E-state index contributed by atoms with van der Waals surface area (Å²) in [4.78, 5) is 0. The molecule has 136 valence electrons. The first-order valence-electron chi connectivity index (χ1n) is 10.3. The summed E-state index contributed by atoms with van der Waals surface area (Å²) in [5.74, 6) is 0.620. The molecule has 1 saturated carbocycles. The van der Waals surface area contributed by atoms with Crippen molar-refractivity contribution in [2.45, 2.75) is 71.1 Å². The van der Waals surface area contributed by atoms with Crippen LogP contribution in [0.3, 0.4) is 0 Å². The van der Waals surface area contributed by atoms with E-state index in [0.717, 1.165) is 44.9 Å². The Morgan fingerprint density at radius 1 is 0.885 bits per heavy atom. The van der Waals surface area contributed by atoms with E-state index in [1.165, 1.54) is 28.7 Å². The molecule has 3 rings (SSSR count). The summed E-state index contributed by atoms with van der Waals surface area (Å²) in [6.07, 6.45) is 8.94. The summed E-state index contributed by atoms with van der Waals surface area (Å²) >= 11 is 0. The Labute approximate surface area is 159 Å². The van der Waals surface area contributed by atoms with Crippen molar-refractivity contribution in [1.82, 2.24) is 0 Å². The third-order valence-corrected chi connectivity index (χ3v) is 6.12. The molecule has 0 spiro atoms. The summed E-state index contributed by atoms with van der Waals surface area (Å²) in [6, 6.07) is 20.8. The smallest absolute Gasteiger partial charge is 0.0689 e. The van der Waals surface area contributed by atoms with E-state index < -0.39 is 0 Å². The summed E-state index contributed by atoms with van der Waals surface area (Å²) in [6.45, 7) is 4.42. The molecule has 1 aliphatic rings. The summed E-state index contributed by atoms with van der Waals surface area (Å²) < 4.78 is 0. The van der Waals surface area contributed by atoms with Gasteiger partial charge < -0.3 is 0 Å². The highest BCUT2D eigenvalue weighted by Crippen LogP contribution is 2.45. The standard InChI is InChI=1S/C25H31N/c1-3-5-20-6-8-21(9-7-20)22-10-12-23(13-11-22)24-14-17-25(19-26,16-4-2)18-15-24/h6-13,24H,3-5,14-18H2,1-2H3/t24-,25-. The normalized spacial score (nSPS) is 22.7.